The Hall–Kier alpha value is -2.89. The third-order valence-electron chi connectivity index (χ3n) is 3.79. The molecule has 0 atom stereocenters. The number of benzene rings is 1. The van der Waals surface area contributed by atoms with Crippen molar-refractivity contribution in [3.8, 4) is 0 Å². The normalized spacial score (nSPS) is 8.90. The molecule has 3 N–H and O–H groups in total. The first-order valence-corrected chi connectivity index (χ1v) is 11.1. The highest BCUT2D eigenvalue weighted by Gasteiger charge is 2.13. The number of rotatable bonds is 7. The van der Waals surface area contributed by atoms with Crippen LogP contribution < -0.4 is 10.6 Å². The summed E-state index contributed by atoms with van der Waals surface area (Å²) < 4.78 is 4.67. The predicted octanol–water partition coefficient (Wildman–Crippen LogP) is 6.37. The Morgan fingerprint density at radius 1 is 1.13 bits per heavy atom. The number of hydrogen-bond acceptors (Lipinski definition) is 6. The van der Waals surface area contributed by atoms with Crippen LogP contribution in [0.25, 0.3) is 0 Å². The number of carbonyl (C=O) groups excluding carboxylic acids is 1. The van der Waals surface area contributed by atoms with E-state index in [1.165, 1.54) is 18.9 Å². The first kappa shape index (κ1) is 30.3. The van der Waals surface area contributed by atoms with E-state index in [1.807, 2.05) is 58.9 Å². The van der Waals surface area contributed by atoms with E-state index in [4.69, 9.17) is 11.1 Å². The summed E-state index contributed by atoms with van der Waals surface area (Å²) in [7, 11) is 1.34. The van der Waals surface area contributed by atoms with E-state index in [2.05, 4.69) is 28.5 Å². The highest BCUT2D eigenvalue weighted by Crippen LogP contribution is 2.19. The summed E-state index contributed by atoms with van der Waals surface area (Å²) in [6.45, 7) is 16.1. The fourth-order valence-electron chi connectivity index (χ4n) is 2.60. The zero-order valence-electron chi connectivity index (χ0n) is 20.7. The molecule has 0 aliphatic heterocycles. The molecule has 2 aromatic rings. The van der Waals surface area contributed by atoms with Gasteiger partial charge in [0.2, 0.25) is 0 Å². The van der Waals surface area contributed by atoms with Gasteiger partial charge in [0.05, 0.1) is 7.11 Å². The average Bonchev–Trinajstić information content (AvgIpc) is 2.81. The Kier molecular flexibility index (Phi) is 18.7. The number of nitrogen functional groups attached to an aromatic ring is 1. The lowest BCUT2D eigenvalue weighted by Gasteiger charge is -2.24. The lowest BCUT2D eigenvalue weighted by Crippen LogP contribution is -2.25. The second-order valence-electron chi connectivity index (χ2n) is 6.17. The molecule has 176 valence electrons. The standard InChI is InChI=1S/C13H21N3O2.C8H9N.2C2H6.H2/c1-4-6-16(7-5-2)10-8-11(13(17)18-3)15-12(14)9-10;1-7-3-2-4-8(5-7)6-9;2*1-2;/h8-9H,4-7H2,1-3H3,(H2,14,15);2-6,9H,1H3;2*1-2H3;1H. The van der Waals surface area contributed by atoms with Gasteiger partial charge in [-0.15, -0.1) is 0 Å². The van der Waals surface area contributed by atoms with E-state index in [0.717, 1.165) is 37.2 Å². The number of hydrogen-bond donors (Lipinski definition) is 2. The van der Waals surface area contributed by atoms with Crippen LogP contribution in [-0.4, -0.2) is 37.4 Å². The molecule has 0 spiro atoms. The molecule has 0 radical (unpaired) electrons. The largest absolute Gasteiger partial charge is 0.464 e. The Morgan fingerprint density at radius 3 is 2.13 bits per heavy atom. The second-order valence-corrected chi connectivity index (χ2v) is 6.17. The summed E-state index contributed by atoms with van der Waals surface area (Å²) >= 11 is 0. The van der Waals surface area contributed by atoms with Gasteiger partial charge in [0.15, 0.2) is 5.69 Å². The summed E-state index contributed by atoms with van der Waals surface area (Å²) in [5.41, 5.74) is 9.09. The van der Waals surface area contributed by atoms with Gasteiger partial charge in [-0.25, -0.2) is 9.78 Å². The number of ether oxygens (including phenoxy) is 1. The second kappa shape index (κ2) is 19.1. The van der Waals surface area contributed by atoms with Gasteiger partial charge < -0.3 is 20.8 Å². The molecule has 0 amide bonds. The minimum absolute atomic E-state index is 0. The first-order chi connectivity index (χ1) is 14.9. The number of anilines is 2. The van der Waals surface area contributed by atoms with Crippen molar-refractivity contribution in [2.24, 2.45) is 0 Å². The predicted molar refractivity (Wildman–Crippen MR) is 137 cm³/mol. The molecule has 1 aromatic heterocycles. The van der Waals surface area contributed by atoms with Crippen molar-refractivity contribution in [3.63, 3.8) is 0 Å². The fourth-order valence-corrected chi connectivity index (χ4v) is 2.60. The molecule has 1 heterocycles. The van der Waals surface area contributed by atoms with Crippen molar-refractivity contribution in [2.45, 2.75) is 61.3 Å². The Labute approximate surface area is 190 Å². The number of carbonyl (C=O) groups is 1. The molecule has 0 saturated heterocycles. The molecule has 0 bridgehead atoms. The van der Waals surface area contributed by atoms with Crippen LogP contribution in [0.15, 0.2) is 36.4 Å². The van der Waals surface area contributed by atoms with Crippen LogP contribution in [-0.2, 0) is 4.74 Å². The number of methoxy groups -OCH3 is 1. The van der Waals surface area contributed by atoms with E-state index in [-0.39, 0.29) is 7.12 Å². The molecule has 0 saturated carbocycles. The molecule has 1 aromatic carbocycles. The molecular weight excluding hydrogens is 388 g/mol. The topological polar surface area (TPSA) is 92.3 Å². The maximum absolute atomic E-state index is 11.5. The van der Waals surface area contributed by atoms with Gasteiger partial charge in [-0.05, 0) is 31.4 Å². The van der Waals surface area contributed by atoms with Crippen LogP contribution in [0.2, 0.25) is 0 Å². The summed E-state index contributed by atoms with van der Waals surface area (Å²) in [5.74, 6) is -0.124. The molecule has 0 unspecified atom stereocenters. The molecule has 0 aliphatic rings. The van der Waals surface area contributed by atoms with Crippen molar-refractivity contribution >= 4 is 23.7 Å². The van der Waals surface area contributed by atoms with E-state index in [1.54, 1.807) is 12.1 Å². The number of pyridine rings is 1. The monoisotopic (exact) mass is 432 g/mol. The van der Waals surface area contributed by atoms with Gasteiger partial charge in [-0.1, -0.05) is 71.4 Å². The first-order valence-electron chi connectivity index (χ1n) is 11.1. The van der Waals surface area contributed by atoms with Gasteiger partial charge in [0, 0.05) is 32.5 Å². The Bertz CT molecular complexity index is 748. The SMILES string of the molecule is CC.CC.CCCN(CCC)c1cc(N)nc(C(=O)OC)c1.Cc1cccc(C=N)c1.[HH]. The number of nitrogens with zero attached hydrogens (tertiary/aromatic N) is 2. The molecular formula is C25H44N4O2. The van der Waals surface area contributed by atoms with Gasteiger partial charge in [-0.3, -0.25) is 0 Å². The maximum atomic E-state index is 11.5. The zero-order valence-corrected chi connectivity index (χ0v) is 20.7. The minimum atomic E-state index is -0.462. The van der Waals surface area contributed by atoms with E-state index in [9.17, 15) is 4.79 Å². The lowest BCUT2D eigenvalue weighted by atomic mass is 10.2. The minimum Gasteiger partial charge on any atom is -0.464 e. The summed E-state index contributed by atoms with van der Waals surface area (Å²) in [5, 5.41) is 6.92. The number of aryl methyl sites for hydroxylation is 1. The van der Waals surface area contributed by atoms with E-state index in [0.29, 0.717) is 5.82 Å². The van der Waals surface area contributed by atoms with Gasteiger partial charge >= 0.3 is 5.97 Å². The van der Waals surface area contributed by atoms with Crippen LogP contribution >= 0.6 is 0 Å². The maximum Gasteiger partial charge on any atom is 0.356 e. The van der Waals surface area contributed by atoms with Crippen molar-refractivity contribution in [1.29, 1.82) is 5.41 Å². The van der Waals surface area contributed by atoms with Crippen molar-refractivity contribution in [3.05, 3.63) is 53.2 Å². The molecule has 6 nitrogen and oxygen atoms in total. The van der Waals surface area contributed by atoms with Crippen LogP contribution in [0.5, 0.6) is 0 Å². The van der Waals surface area contributed by atoms with Crippen LogP contribution in [0.4, 0.5) is 11.5 Å². The third kappa shape index (κ3) is 12.4. The number of esters is 1. The number of nitrogens with one attached hydrogen (secondary N) is 1. The highest BCUT2D eigenvalue weighted by atomic mass is 16.5. The van der Waals surface area contributed by atoms with Gasteiger partial charge in [0.25, 0.3) is 0 Å². The summed E-state index contributed by atoms with van der Waals surface area (Å²) in [4.78, 5) is 17.7. The molecule has 0 aliphatic carbocycles. The Morgan fingerprint density at radius 2 is 1.71 bits per heavy atom. The molecule has 31 heavy (non-hydrogen) atoms. The number of aromatic nitrogens is 1. The number of nitrogens with two attached hydrogens (primary N) is 1. The summed E-state index contributed by atoms with van der Waals surface area (Å²) in [6.07, 6.45) is 3.43. The van der Waals surface area contributed by atoms with Gasteiger partial charge in [0.1, 0.15) is 5.82 Å². The van der Waals surface area contributed by atoms with Crippen LogP contribution in [0, 0.1) is 12.3 Å². The van der Waals surface area contributed by atoms with E-state index < -0.39 is 5.97 Å². The summed E-state index contributed by atoms with van der Waals surface area (Å²) in [6, 6.07) is 11.4. The highest BCUT2D eigenvalue weighted by molar-refractivity contribution is 5.89. The smallest absolute Gasteiger partial charge is 0.356 e. The Balaban J connectivity index is -0.000000506. The zero-order chi connectivity index (χ0) is 24.2. The quantitative estimate of drug-likeness (QED) is 0.392. The van der Waals surface area contributed by atoms with Crippen molar-refractivity contribution in [1.82, 2.24) is 4.98 Å². The fraction of sp³-hybridized carbons (Fsp3) is 0.480. The van der Waals surface area contributed by atoms with Crippen LogP contribution in [0.3, 0.4) is 0 Å². The third-order valence-corrected chi connectivity index (χ3v) is 3.79. The van der Waals surface area contributed by atoms with Crippen LogP contribution in [0.1, 0.15) is 77.4 Å². The van der Waals surface area contributed by atoms with Crippen molar-refractivity contribution < 1.29 is 11.0 Å². The average molecular weight is 433 g/mol. The van der Waals surface area contributed by atoms with E-state index >= 15 is 0 Å². The van der Waals surface area contributed by atoms with Crippen molar-refractivity contribution in [2.75, 3.05) is 30.8 Å². The molecule has 2 rings (SSSR count). The molecule has 0 fully saturated rings. The van der Waals surface area contributed by atoms with Gasteiger partial charge in [-0.2, -0.15) is 0 Å². The lowest BCUT2D eigenvalue weighted by molar-refractivity contribution is 0.0594. The molecule has 6 heteroatoms.